The van der Waals surface area contributed by atoms with Crippen molar-refractivity contribution >= 4 is 0 Å². The summed E-state index contributed by atoms with van der Waals surface area (Å²) in [6.07, 6.45) is 1.70. The lowest BCUT2D eigenvalue weighted by atomic mass is 10.1. The third kappa shape index (κ3) is 2.74. The van der Waals surface area contributed by atoms with Crippen molar-refractivity contribution < 1.29 is 4.42 Å². The first-order valence-corrected chi connectivity index (χ1v) is 5.58. The van der Waals surface area contributed by atoms with E-state index >= 15 is 0 Å². The first kappa shape index (κ1) is 11.0. The van der Waals surface area contributed by atoms with Crippen LogP contribution in [0.3, 0.4) is 0 Å². The summed E-state index contributed by atoms with van der Waals surface area (Å²) in [5.74, 6) is 0.972. The molecule has 0 unspecified atom stereocenters. The highest BCUT2D eigenvalue weighted by Crippen LogP contribution is 2.14. The zero-order chi connectivity index (χ0) is 11.4. The Morgan fingerprint density at radius 3 is 2.81 bits per heavy atom. The fourth-order valence-corrected chi connectivity index (χ4v) is 1.72. The maximum atomic E-state index is 5.28. The zero-order valence-electron chi connectivity index (χ0n) is 9.73. The minimum atomic E-state index is 0.338. The summed E-state index contributed by atoms with van der Waals surface area (Å²) in [6.45, 7) is 5.04. The number of benzene rings is 1. The second kappa shape index (κ2) is 4.99. The van der Waals surface area contributed by atoms with Crippen molar-refractivity contribution in [2.24, 2.45) is 0 Å². The number of hydrogen-bond donors (Lipinski definition) is 1. The Balaban J connectivity index is 1.95. The van der Waals surface area contributed by atoms with Gasteiger partial charge in [0, 0.05) is 6.04 Å². The zero-order valence-corrected chi connectivity index (χ0v) is 9.73. The van der Waals surface area contributed by atoms with Crippen LogP contribution in [0.5, 0.6) is 0 Å². The summed E-state index contributed by atoms with van der Waals surface area (Å²) in [7, 11) is 0. The van der Waals surface area contributed by atoms with Crippen LogP contribution in [0.1, 0.15) is 29.9 Å². The molecule has 1 N–H and O–H groups in total. The first-order chi connectivity index (χ1) is 7.75. The van der Waals surface area contributed by atoms with Crippen LogP contribution in [0.15, 0.2) is 47.1 Å². The highest BCUT2D eigenvalue weighted by molar-refractivity contribution is 5.24. The molecule has 1 aromatic heterocycles. The maximum Gasteiger partial charge on any atom is 0.117 e. The summed E-state index contributed by atoms with van der Waals surface area (Å²) >= 11 is 0. The molecule has 2 nitrogen and oxygen atoms in total. The van der Waals surface area contributed by atoms with E-state index < -0.39 is 0 Å². The van der Waals surface area contributed by atoms with Crippen LogP contribution in [-0.4, -0.2) is 0 Å². The van der Waals surface area contributed by atoms with E-state index in [1.54, 1.807) is 6.26 Å². The molecule has 0 aliphatic heterocycles. The predicted octanol–water partition coefficient (Wildman–Crippen LogP) is 3.44. The standard InChI is InChI=1S/C14H17NO/c1-11-5-3-6-13(9-11)12(2)15-10-14-7-4-8-16-14/h3-9,12,15H,10H2,1-2H3/t12-/m1/s1. The molecular formula is C14H17NO. The van der Waals surface area contributed by atoms with Crippen LogP contribution in [0.25, 0.3) is 0 Å². The molecule has 0 aliphatic carbocycles. The Morgan fingerprint density at radius 1 is 1.25 bits per heavy atom. The van der Waals surface area contributed by atoms with Crippen LogP contribution < -0.4 is 5.32 Å². The molecule has 1 aromatic carbocycles. The number of nitrogens with one attached hydrogen (secondary N) is 1. The van der Waals surface area contributed by atoms with E-state index in [2.05, 4.69) is 43.4 Å². The minimum absolute atomic E-state index is 0.338. The predicted molar refractivity (Wildman–Crippen MR) is 65.1 cm³/mol. The van der Waals surface area contributed by atoms with Crippen LogP contribution in [-0.2, 0) is 6.54 Å². The van der Waals surface area contributed by atoms with Crippen molar-refractivity contribution in [3.05, 3.63) is 59.5 Å². The largest absolute Gasteiger partial charge is 0.468 e. The minimum Gasteiger partial charge on any atom is -0.468 e. The SMILES string of the molecule is Cc1cccc([C@@H](C)NCc2ccco2)c1. The molecule has 0 radical (unpaired) electrons. The molecule has 1 atom stereocenters. The summed E-state index contributed by atoms with van der Waals surface area (Å²) in [5.41, 5.74) is 2.61. The second-order valence-corrected chi connectivity index (χ2v) is 4.10. The van der Waals surface area contributed by atoms with Crippen molar-refractivity contribution in [2.45, 2.75) is 26.4 Å². The van der Waals surface area contributed by atoms with Gasteiger partial charge in [-0.1, -0.05) is 29.8 Å². The fourth-order valence-electron chi connectivity index (χ4n) is 1.72. The molecule has 2 heteroatoms. The van der Waals surface area contributed by atoms with Gasteiger partial charge in [-0.25, -0.2) is 0 Å². The second-order valence-electron chi connectivity index (χ2n) is 4.10. The van der Waals surface area contributed by atoms with Gasteiger partial charge in [0.05, 0.1) is 12.8 Å². The molecule has 0 saturated carbocycles. The molecule has 16 heavy (non-hydrogen) atoms. The number of rotatable bonds is 4. The van der Waals surface area contributed by atoms with Gasteiger partial charge in [-0.05, 0) is 31.5 Å². The van der Waals surface area contributed by atoms with Crippen molar-refractivity contribution in [1.82, 2.24) is 5.32 Å². The molecule has 0 saturated heterocycles. The van der Waals surface area contributed by atoms with Crippen molar-refractivity contribution in [3.63, 3.8) is 0 Å². The Hall–Kier alpha value is -1.54. The van der Waals surface area contributed by atoms with E-state index in [1.165, 1.54) is 11.1 Å². The third-order valence-electron chi connectivity index (χ3n) is 2.70. The smallest absolute Gasteiger partial charge is 0.117 e. The lowest BCUT2D eigenvalue weighted by Gasteiger charge is -2.13. The number of hydrogen-bond acceptors (Lipinski definition) is 2. The highest BCUT2D eigenvalue weighted by atomic mass is 16.3. The summed E-state index contributed by atoms with van der Waals surface area (Å²) in [5, 5.41) is 3.43. The molecule has 2 rings (SSSR count). The van der Waals surface area contributed by atoms with Gasteiger partial charge in [0.25, 0.3) is 0 Å². The summed E-state index contributed by atoms with van der Waals surface area (Å²) in [4.78, 5) is 0. The van der Waals surface area contributed by atoms with Gasteiger partial charge in [0.1, 0.15) is 5.76 Å². The summed E-state index contributed by atoms with van der Waals surface area (Å²) in [6, 6.07) is 12.8. The Morgan fingerprint density at radius 2 is 2.12 bits per heavy atom. The lowest BCUT2D eigenvalue weighted by Crippen LogP contribution is -2.17. The lowest BCUT2D eigenvalue weighted by molar-refractivity contribution is 0.460. The van der Waals surface area contributed by atoms with Gasteiger partial charge >= 0.3 is 0 Å². The Bertz CT molecular complexity index is 434. The third-order valence-corrected chi connectivity index (χ3v) is 2.70. The van der Waals surface area contributed by atoms with Gasteiger partial charge in [-0.2, -0.15) is 0 Å². The molecule has 84 valence electrons. The molecule has 0 spiro atoms. The Kier molecular flexibility index (Phi) is 3.42. The van der Waals surface area contributed by atoms with Gasteiger partial charge in [0.2, 0.25) is 0 Å². The first-order valence-electron chi connectivity index (χ1n) is 5.58. The average molecular weight is 215 g/mol. The van der Waals surface area contributed by atoms with E-state index in [4.69, 9.17) is 4.42 Å². The van der Waals surface area contributed by atoms with E-state index in [1.807, 2.05) is 12.1 Å². The quantitative estimate of drug-likeness (QED) is 0.845. The fraction of sp³-hybridized carbons (Fsp3) is 0.286. The van der Waals surface area contributed by atoms with Crippen LogP contribution >= 0.6 is 0 Å². The molecule has 0 amide bonds. The van der Waals surface area contributed by atoms with Gasteiger partial charge in [-0.3, -0.25) is 0 Å². The molecule has 0 fully saturated rings. The maximum absolute atomic E-state index is 5.28. The number of aryl methyl sites for hydroxylation is 1. The van der Waals surface area contributed by atoms with Crippen molar-refractivity contribution in [3.8, 4) is 0 Å². The molecule has 2 aromatic rings. The van der Waals surface area contributed by atoms with Crippen LogP contribution in [0.2, 0.25) is 0 Å². The average Bonchev–Trinajstić information content (AvgIpc) is 2.78. The van der Waals surface area contributed by atoms with Crippen LogP contribution in [0, 0.1) is 6.92 Å². The molecule has 1 heterocycles. The van der Waals surface area contributed by atoms with Crippen LogP contribution in [0.4, 0.5) is 0 Å². The summed E-state index contributed by atoms with van der Waals surface area (Å²) < 4.78 is 5.28. The monoisotopic (exact) mass is 215 g/mol. The Labute approximate surface area is 96.3 Å². The topological polar surface area (TPSA) is 25.2 Å². The normalized spacial score (nSPS) is 12.6. The van der Waals surface area contributed by atoms with E-state index in [-0.39, 0.29) is 0 Å². The molecule has 0 bridgehead atoms. The van der Waals surface area contributed by atoms with Gasteiger partial charge in [-0.15, -0.1) is 0 Å². The molecular weight excluding hydrogens is 198 g/mol. The van der Waals surface area contributed by atoms with E-state index in [0.717, 1.165) is 12.3 Å². The van der Waals surface area contributed by atoms with Crippen molar-refractivity contribution in [2.75, 3.05) is 0 Å². The van der Waals surface area contributed by atoms with E-state index in [9.17, 15) is 0 Å². The van der Waals surface area contributed by atoms with Gasteiger partial charge < -0.3 is 9.73 Å². The number of furan rings is 1. The molecule has 0 aliphatic rings. The van der Waals surface area contributed by atoms with Crippen molar-refractivity contribution in [1.29, 1.82) is 0 Å². The highest BCUT2D eigenvalue weighted by Gasteiger charge is 2.05. The van der Waals surface area contributed by atoms with E-state index in [0.29, 0.717) is 6.04 Å². The van der Waals surface area contributed by atoms with Gasteiger partial charge in [0.15, 0.2) is 0 Å².